The average molecular weight is 541 g/mol. The van der Waals surface area contributed by atoms with Gasteiger partial charge in [0.2, 0.25) is 0 Å². The second-order valence-electron chi connectivity index (χ2n) is 10.6. The van der Waals surface area contributed by atoms with Gasteiger partial charge in [0.05, 0.1) is 13.0 Å². The van der Waals surface area contributed by atoms with Crippen molar-refractivity contribution in [3.63, 3.8) is 0 Å². The van der Waals surface area contributed by atoms with Crippen LogP contribution in [0.2, 0.25) is 0 Å². The van der Waals surface area contributed by atoms with Crippen LogP contribution in [0.4, 0.5) is 0 Å². The van der Waals surface area contributed by atoms with Gasteiger partial charge in [-0.15, -0.1) is 0 Å². The summed E-state index contributed by atoms with van der Waals surface area (Å²) in [6, 6.07) is 32.4. The first kappa shape index (κ1) is 26.3. The zero-order chi connectivity index (χ0) is 28.6. The normalized spacial score (nSPS) is 21.3. The summed E-state index contributed by atoms with van der Waals surface area (Å²) in [4.78, 5) is 57.4. The molecule has 0 radical (unpaired) electrons. The molecule has 41 heavy (non-hydrogen) atoms. The van der Waals surface area contributed by atoms with Crippen LogP contribution in [0.1, 0.15) is 55.7 Å². The quantitative estimate of drug-likeness (QED) is 0.206. The lowest BCUT2D eigenvalue weighted by Gasteiger charge is -2.48. The summed E-state index contributed by atoms with van der Waals surface area (Å²) < 4.78 is 5.36. The lowest BCUT2D eigenvalue weighted by molar-refractivity contribution is -0.135. The Morgan fingerprint density at radius 3 is 1.88 bits per heavy atom. The third-order valence-corrected chi connectivity index (χ3v) is 8.52. The number of benzene rings is 4. The molecule has 1 saturated carbocycles. The van der Waals surface area contributed by atoms with Crippen LogP contribution in [0.3, 0.4) is 0 Å². The van der Waals surface area contributed by atoms with Crippen LogP contribution in [0.25, 0.3) is 6.08 Å². The van der Waals surface area contributed by atoms with Gasteiger partial charge in [0, 0.05) is 29.4 Å². The van der Waals surface area contributed by atoms with Gasteiger partial charge in [0.1, 0.15) is 16.9 Å². The van der Waals surface area contributed by atoms with Crippen molar-refractivity contribution in [1.82, 2.24) is 0 Å². The Kier molecular flexibility index (Phi) is 6.80. The summed E-state index contributed by atoms with van der Waals surface area (Å²) in [6.45, 7) is 0. The third-order valence-electron chi connectivity index (χ3n) is 8.52. The molecule has 1 fully saturated rings. The summed E-state index contributed by atoms with van der Waals surface area (Å²) >= 11 is 0. The fraction of sp³-hybridized carbons (Fsp3) is 0.167. The Morgan fingerprint density at radius 1 is 0.732 bits per heavy atom. The number of Topliss-reactive ketones (excluding diaryl/α,β-unsaturated/α-hetero) is 3. The Bertz CT molecular complexity index is 1630. The number of hydrogen-bond donors (Lipinski definition) is 0. The highest BCUT2D eigenvalue weighted by atomic mass is 16.5. The third kappa shape index (κ3) is 4.25. The topological polar surface area (TPSA) is 77.5 Å². The molecule has 2 aliphatic carbocycles. The minimum Gasteiger partial charge on any atom is -0.497 e. The molecule has 3 unspecified atom stereocenters. The highest BCUT2D eigenvalue weighted by molar-refractivity contribution is 6.32. The molecule has 0 aromatic heterocycles. The van der Waals surface area contributed by atoms with Gasteiger partial charge in [-0.05, 0) is 34.9 Å². The standard InChI is InChI=1S/C36H28O5/c1-41-26-19-17-25(18-20-26)33-32(30(37)21-16-23-10-4-2-5-11-23)31(38)22-29(24-12-6-3-7-13-24)36(33)34(39)27-14-8-9-15-28(27)35(36)40/h2-21,29,32-33H,22H2,1H3/b21-16+. The van der Waals surface area contributed by atoms with Crippen LogP contribution < -0.4 is 4.74 Å². The van der Waals surface area contributed by atoms with E-state index in [0.717, 1.165) is 11.1 Å². The highest BCUT2D eigenvalue weighted by Gasteiger charge is 2.67. The van der Waals surface area contributed by atoms with Crippen molar-refractivity contribution in [2.45, 2.75) is 18.3 Å². The molecule has 4 aromatic carbocycles. The summed E-state index contributed by atoms with van der Waals surface area (Å²) in [5.41, 5.74) is 1.09. The molecule has 2 aliphatic rings. The van der Waals surface area contributed by atoms with Gasteiger partial charge < -0.3 is 4.74 Å². The number of rotatable bonds is 6. The smallest absolute Gasteiger partial charge is 0.178 e. The molecule has 0 aliphatic heterocycles. The Labute approximate surface area is 238 Å². The molecular formula is C36H28O5. The summed E-state index contributed by atoms with van der Waals surface area (Å²) in [5.74, 6) is -3.78. The molecule has 5 heteroatoms. The van der Waals surface area contributed by atoms with E-state index < -0.39 is 29.0 Å². The Balaban J connectivity index is 1.59. The zero-order valence-electron chi connectivity index (χ0n) is 22.5. The Hall–Kier alpha value is -4.90. The Morgan fingerprint density at radius 2 is 1.29 bits per heavy atom. The van der Waals surface area contributed by atoms with Crippen LogP contribution >= 0.6 is 0 Å². The van der Waals surface area contributed by atoms with E-state index in [2.05, 4.69) is 0 Å². The maximum absolute atomic E-state index is 14.6. The molecule has 5 nitrogen and oxygen atoms in total. The van der Waals surface area contributed by atoms with Gasteiger partial charge in [-0.1, -0.05) is 103 Å². The van der Waals surface area contributed by atoms with Gasteiger partial charge in [0.15, 0.2) is 17.3 Å². The number of hydrogen-bond acceptors (Lipinski definition) is 5. The van der Waals surface area contributed by atoms with Crippen LogP contribution in [0.5, 0.6) is 5.75 Å². The van der Waals surface area contributed by atoms with Crippen molar-refractivity contribution in [3.05, 3.63) is 143 Å². The molecule has 4 aromatic rings. The summed E-state index contributed by atoms with van der Waals surface area (Å²) in [6.07, 6.45) is 2.98. The summed E-state index contributed by atoms with van der Waals surface area (Å²) in [7, 11) is 1.55. The van der Waals surface area contributed by atoms with Crippen LogP contribution in [0, 0.1) is 11.3 Å². The van der Waals surface area contributed by atoms with Gasteiger partial charge in [-0.2, -0.15) is 0 Å². The fourth-order valence-electron chi connectivity index (χ4n) is 6.68. The van der Waals surface area contributed by atoms with E-state index in [-0.39, 0.29) is 23.8 Å². The molecule has 0 N–H and O–H groups in total. The van der Waals surface area contributed by atoms with E-state index in [9.17, 15) is 19.2 Å². The van der Waals surface area contributed by atoms with Gasteiger partial charge >= 0.3 is 0 Å². The largest absolute Gasteiger partial charge is 0.497 e. The maximum atomic E-state index is 14.6. The van der Waals surface area contributed by atoms with E-state index in [0.29, 0.717) is 22.4 Å². The first-order valence-electron chi connectivity index (χ1n) is 13.6. The van der Waals surface area contributed by atoms with E-state index in [4.69, 9.17) is 4.74 Å². The number of ketones is 4. The number of allylic oxidation sites excluding steroid dienone is 1. The number of ether oxygens (including phenoxy) is 1. The maximum Gasteiger partial charge on any atom is 0.178 e. The van der Waals surface area contributed by atoms with E-state index in [1.54, 1.807) is 61.7 Å². The second-order valence-corrected chi connectivity index (χ2v) is 10.6. The van der Waals surface area contributed by atoms with Gasteiger partial charge in [0.25, 0.3) is 0 Å². The zero-order valence-corrected chi connectivity index (χ0v) is 22.5. The molecule has 1 spiro atoms. The predicted octanol–water partition coefficient (Wildman–Crippen LogP) is 6.50. The monoisotopic (exact) mass is 540 g/mol. The van der Waals surface area contributed by atoms with Crippen molar-refractivity contribution in [3.8, 4) is 5.75 Å². The van der Waals surface area contributed by atoms with Crippen molar-refractivity contribution in [2.24, 2.45) is 11.3 Å². The summed E-state index contributed by atoms with van der Waals surface area (Å²) in [5, 5.41) is 0. The van der Waals surface area contributed by atoms with Gasteiger partial charge in [-0.25, -0.2) is 0 Å². The molecule has 3 atom stereocenters. The predicted molar refractivity (Wildman–Crippen MR) is 156 cm³/mol. The molecule has 6 rings (SSSR count). The van der Waals surface area contributed by atoms with Gasteiger partial charge in [-0.3, -0.25) is 19.2 Å². The average Bonchev–Trinajstić information content (AvgIpc) is 3.24. The number of fused-ring (bicyclic) bond motifs is 1. The van der Waals surface area contributed by atoms with Crippen LogP contribution in [-0.4, -0.2) is 30.2 Å². The van der Waals surface area contributed by atoms with Crippen molar-refractivity contribution in [1.29, 1.82) is 0 Å². The minimum atomic E-state index is -1.67. The lowest BCUT2D eigenvalue weighted by atomic mass is 9.50. The molecular weight excluding hydrogens is 512 g/mol. The molecule has 0 amide bonds. The molecule has 0 saturated heterocycles. The molecule has 202 valence electrons. The van der Waals surface area contributed by atoms with Crippen LogP contribution in [-0.2, 0) is 9.59 Å². The van der Waals surface area contributed by atoms with Crippen LogP contribution in [0.15, 0.2) is 115 Å². The second kappa shape index (κ2) is 10.6. The SMILES string of the molecule is COc1ccc(C2C(C(=O)/C=C/c3ccccc3)C(=O)CC(c3ccccc3)C23C(=O)c2ccccc2C3=O)cc1. The first-order chi connectivity index (χ1) is 20.0. The van der Waals surface area contributed by atoms with Crippen molar-refractivity contribution < 1.29 is 23.9 Å². The minimum absolute atomic E-state index is 0.0995. The number of carbonyl (C=O) groups is 4. The number of carbonyl (C=O) groups excluding carboxylic acids is 4. The first-order valence-corrected chi connectivity index (χ1v) is 13.6. The lowest BCUT2D eigenvalue weighted by Crippen LogP contribution is -2.55. The van der Waals surface area contributed by atoms with E-state index in [1.807, 2.05) is 60.7 Å². The van der Waals surface area contributed by atoms with E-state index >= 15 is 0 Å². The van der Waals surface area contributed by atoms with E-state index in [1.165, 1.54) is 6.08 Å². The van der Waals surface area contributed by atoms with Crippen molar-refractivity contribution >= 4 is 29.2 Å². The number of methoxy groups -OCH3 is 1. The highest BCUT2D eigenvalue weighted by Crippen LogP contribution is 2.62. The molecule has 0 heterocycles. The molecule has 0 bridgehead atoms. The fourth-order valence-corrected chi connectivity index (χ4v) is 6.68. The van der Waals surface area contributed by atoms with Crippen molar-refractivity contribution in [2.75, 3.05) is 7.11 Å².